The van der Waals surface area contributed by atoms with Crippen molar-refractivity contribution in [3.05, 3.63) is 71.5 Å². The lowest BCUT2D eigenvalue weighted by molar-refractivity contribution is 0.380. The third kappa shape index (κ3) is 2.52. The third-order valence-corrected chi connectivity index (χ3v) is 4.61. The van der Waals surface area contributed by atoms with Crippen molar-refractivity contribution in [3.63, 3.8) is 0 Å². The molecule has 1 aliphatic heterocycles. The molecular weight excluding hydrogens is 300 g/mol. The second-order valence-corrected chi connectivity index (χ2v) is 6.13. The zero-order valence-electron chi connectivity index (χ0n) is 13.8. The van der Waals surface area contributed by atoms with E-state index in [-0.39, 0.29) is 12.1 Å². The van der Waals surface area contributed by atoms with Crippen molar-refractivity contribution in [2.45, 2.75) is 25.4 Å². The zero-order valence-corrected chi connectivity index (χ0v) is 13.8. The van der Waals surface area contributed by atoms with Crippen LogP contribution < -0.4 is 10.1 Å². The first-order valence-corrected chi connectivity index (χ1v) is 8.12. The highest BCUT2D eigenvalue weighted by molar-refractivity contribution is 5.42. The summed E-state index contributed by atoms with van der Waals surface area (Å²) < 4.78 is 7.51. The second-order valence-electron chi connectivity index (χ2n) is 6.13. The minimum Gasteiger partial charge on any atom is -0.496 e. The summed E-state index contributed by atoms with van der Waals surface area (Å²) in [6, 6.07) is 17.1. The van der Waals surface area contributed by atoms with Crippen LogP contribution in [0.2, 0.25) is 0 Å². The molecule has 0 amide bonds. The summed E-state index contributed by atoms with van der Waals surface area (Å²) in [7, 11) is 1.71. The highest BCUT2D eigenvalue weighted by atomic mass is 16.5. The monoisotopic (exact) mass is 320 g/mol. The molecule has 3 aromatic rings. The van der Waals surface area contributed by atoms with Gasteiger partial charge in [-0.1, -0.05) is 48.0 Å². The third-order valence-electron chi connectivity index (χ3n) is 4.61. The smallest absolute Gasteiger partial charge is 0.222 e. The molecule has 0 saturated carbocycles. The van der Waals surface area contributed by atoms with E-state index in [0.717, 1.165) is 23.7 Å². The maximum atomic E-state index is 5.56. The van der Waals surface area contributed by atoms with Crippen molar-refractivity contribution in [1.82, 2.24) is 14.8 Å². The molecule has 0 unspecified atom stereocenters. The van der Waals surface area contributed by atoms with Gasteiger partial charge in [-0.3, -0.25) is 0 Å². The second kappa shape index (κ2) is 6.00. The van der Waals surface area contributed by atoms with Crippen LogP contribution in [0.4, 0.5) is 5.95 Å². The molecule has 5 heteroatoms. The molecule has 4 rings (SSSR count). The fraction of sp³-hybridized carbons (Fsp3) is 0.263. The van der Waals surface area contributed by atoms with E-state index in [2.05, 4.69) is 52.7 Å². The predicted molar refractivity (Wildman–Crippen MR) is 93.3 cm³/mol. The molecule has 0 aliphatic carbocycles. The van der Waals surface area contributed by atoms with Gasteiger partial charge in [0.15, 0.2) is 0 Å². The Balaban J connectivity index is 1.75. The first kappa shape index (κ1) is 14.8. The van der Waals surface area contributed by atoms with E-state index in [9.17, 15) is 0 Å². The van der Waals surface area contributed by atoms with E-state index in [1.54, 1.807) is 13.4 Å². The van der Waals surface area contributed by atoms with Crippen LogP contribution in [0.3, 0.4) is 0 Å². The quantitative estimate of drug-likeness (QED) is 0.799. The van der Waals surface area contributed by atoms with E-state index in [1.165, 1.54) is 11.1 Å². The number of nitrogens with one attached hydrogen (secondary N) is 1. The van der Waals surface area contributed by atoms with Crippen molar-refractivity contribution < 1.29 is 4.74 Å². The highest BCUT2D eigenvalue weighted by Crippen LogP contribution is 2.40. The van der Waals surface area contributed by atoms with Gasteiger partial charge in [-0.05, 0) is 25.0 Å². The SMILES string of the molecule is COc1ccccc1[C@H]1C[C@H](c2ccc(C)cc2)Nc2ncnn21. The highest BCUT2D eigenvalue weighted by Gasteiger charge is 2.31. The molecule has 5 nitrogen and oxygen atoms in total. The number of para-hydroxylation sites is 1. The van der Waals surface area contributed by atoms with Crippen LogP contribution in [0.15, 0.2) is 54.9 Å². The summed E-state index contributed by atoms with van der Waals surface area (Å²) in [4.78, 5) is 4.38. The maximum absolute atomic E-state index is 5.56. The number of aromatic nitrogens is 3. The standard InChI is InChI=1S/C19H20N4O/c1-13-7-9-14(10-8-13)16-11-17(23-19(22-16)20-12-21-23)15-5-3-4-6-18(15)24-2/h3-10,12,16-17H,11H2,1-2H3,(H,20,21,22)/t16-,17-/m1/s1. The molecule has 2 atom stereocenters. The Morgan fingerprint density at radius 1 is 1.12 bits per heavy atom. The first-order valence-electron chi connectivity index (χ1n) is 8.12. The number of hydrogen-bond donors (Lipinski definition) is 1. The van der Waals surface area contributed by atoms with Gasteiger partial charge in [-0.2, -0.15) is 10.1 Å². The topological polar surface area (TPSA) is 52.0 Å². The van der Waals surface area contributed by atoms with Crippen LogP contribution in [-0.2, 0) is 0 Å². The van der Waals surface area contributed by atoms with Crippen LogP contribution >= 0.6 is 0 Å². The zero-order chi connectivity index (χ0) is 16.5. The van der Waals surface area contributed by atoms with Gasteiger partial charge >= 0.3 is 0 Å². The molecule has 24 heavy (non-hydrogen) atoms. The molecule has 2 aromatic carbocycles. The average molecular weight is 320 g/mol. The number of nitrogens with zero attached hydrogens (tertiary/aromatic N) is 3. The van der Waals surface area contributed by atoms with E-state index in [0.29, 0.717) is 0 Å². The number of methoxy groups -OCH3 is 1. The first-order chi connectivity index (χ1) is 11.8. The number of fused-ring (bicyclic) bond motifs is 1. The van der Waals surface area contributed by atoms with Gasteiger partial charge in [-0.15, -0.1) is 0 Å². The Morgan fingerprint density at radius 3 is 2.71 bits per heavy atom. The number of ether oxygens (including phenoxy) is 1. The van der Waals surface area contributed by atoms with Gasteiger partial charge < -0.3 is 10.1 Å². The van der Waals surface area contributed by atoms with E-state index < -0.39 is 0 Å². The lowest BCUT2D eigenvalue weighted by Gasteiger charge is -2.32. The molecule has 122 valence electrons. The van der Waals surface area contributed by atoms with Crippen LogP contribution in [-0.4, -0.2) is 21.9 Å². The summed E-state index contributed by atoms with van der Waals surface area (Å²) >= 11 is 0. The summed E-state index contributed by atoms with van der Waals surface area (Å²) in [5, 5.41) is 7.92. The van der Waals surface area contributed by atoms with Crippen LogP contribution in [0, 0.1) is 6.92 Å². The molecule has 2 heterocycles. The van der Waals surface area contributed by atoms with Gasteiger partial charge in [-0.25, -0.2) is 4.68 Å². The van der Waals surface area contributed by atoms with E-state index in [4.69, 9.17) is 4.74 Å². The number of hydrogen-bond acceptors (Lipinski definition) is 4. The average Bonchev–Trinajstić information content (AvgIpc) is 3.10. The molecule has 0 fully saturated rings. The summed E-state index contributed by atoms with van der Waals surface area (Å²) in [6.07, 6.45) is 2.49. The van der Waals surface area contributed by atoms with Gasteiger partial charge in [0.1, 0.15) is 12.1 Å². The molecule has 0 saturated heterocycles. The van der Waals surface area contributed by atoms with Gasteiger partial charge in [0.25, 0.3) is 0 Å². The fourth-order valence-corrected chi connectivity index (χ4v) is 3.34. The van der Waals surface area contributed by atoms with Crippen LogP contribution in [0.25, 0.3) is 0 Å². The van der Waals surface area contributed by atoms with Crippen molar-refractivity contribution in [3.8, 4) is 5.75 Å². The Kier molecular flexibility index (Phi) is 3.69. The van der Waals surface area contributed by atoms with Gasteiger partial charge in [0.2, 0.25) is 5.95 Å². The molecule has 0 spiro atoms. The van der Waals surface area contributed by atoms with Crippen molar-refractivity contribution in [1.29, 1.82) is 0 Å². The summed E-state index contributed by atoms with van der Waals surface area (Å²) in [5.74, 6) is 1.68. The molecule has 1 aliphatic rings. The molecule has 0 bridgehead atoms. The van der Waals surface area contributed by atoms with Crippen molar-refractivity contribution in [2.24, 2.45) is 0 Å². The molecule has 0 radical (unpaired) electrons. The van der Waals surface area contributed by atoms with Crippen LogP contribution in [0.1, 0.15) is 35.2 Å². The van der Waals surface area contributed by atoms with Gasteiger partial charge in [0.05, 0.1) is 19.2 Å². The Hall–Kier alpha value is -2.82. The van der Waals surface area contributed by atoms with Gasteiger partial charge in [0, 0.05) is 5.56 Å². The lowest BCUT2D eigenvalue weighted by atomic mass is 9.92. The number of benzene rings is 2. The fourth-order valence-electron chi connectivity index (χ4n) is 3.34. The number of anilines is 1. The van der Waals surface area contributed by atoms with Crippen molar-refractivity contribution >= 4 is 5.95 Å². The molecule has 1 aromatic heterocycles. The predicted octanol–water partition coefficient (Wildman–Crippen LogP) is 3.74. The largest absolute Gasteiger partial charge is 0.496 e. The summed E-state index contributed by atoms with van der Waals surface area (Å²) in [6.45, 7) is 2.10. The maximum Gasteiger partial charge on any atom is 0.222 e. The van der Waals surface area contributed by atoms with Crippen LogP contribution in [0.5, 0.6) is 5.75 Å². The number of rotatable bonds is 3. The normalized spacial score (nSPS) is 19.4. The Bertz CT molecular complexity index is 841. The Labute approximate surface area is 141 Å². The van der Waals surface area contributed by atoms with Crippen molar-refractivity contribution in [2.75, 3.05) is 12.4 Å². The molecular formula is C19H20N4O. The lowest BCUT2D eigenvalue weighted by Crippen LogP contribution is -2.28. The Morgan fingerprint density at radius 2 is 1.92 bits per heavy atom. The molecule has 1 N–H and O–H groups in total. The minimum absolute atomic E-state index is 0.0891. The van der Waals surface area contributed by atoms with E-state index >= 15 is 0 Å². The number of aryl methyl sites for hydroxylation is 1. The van der Waals surface area contributed by atoms with E-state index in [1.807, 2.05) is 22.9 Å². The summed E-state index contributed by atoms with van der Waals surface area (Å²) in [5.41, 5.74) is 3.65. The minimum atomic E-state index is 0.0891.